The Hall–Kier alpha value is -3.25. The summed E-state index contributed by atoms with van der Waals surface area (Å²) in [6.45, 7) is 24.1. The van der Waals surface area contributed by atoms with Crippen molar-refractivity contribution in [1.82, 2.24) is 10.2 Å². The number of likely N-dealkylation sites (tertiary alicyclic amines) is 1. The Bertz CT molecular complexity index is 1910. The first kappa shape index (κ1) is 44.3. The molecule has 6 aliphatic heterocycles. The van der Waals surface area contributed by atoms with Gasteiger partial charge >= 0.3 is 20.3 Å². The predicted octanol–water partition coefficient (Wildman–Crippen LogP) is 7.92. The average molecular weight is 813 g/mol. The van der Waals surface area contributed by atoms with Gasteiger partial charge in [-0.3, -0.25) is 14.9 Å². The summed E-state index contributed by atoms with van der Waals surface area (Å²) in [4.78, 5) is 23.8. The van der Waals surface area contributed by atoms with Crippen molar-refractivity contribution in [3.05, 3.63) is 72.1 Å². The van der Waals surface area contributed by atoms with E-state index in [-0.39, 0.29) is 61.2 Å². The lowest BCUT2D eigenvalue weighted by Gasteiger charge is -2.32. The zero-order valence-electron chi connectivity index (χ0n) is 36.4. The molecule has 6 heterocycles. The number of nitrogens with zero attached hydrogens (tertiary/aromatic N) is 3. The molecular formula is C45H63B2ClN4O6. The molecule has 4 saturated heterocycles. The van der Waals surface area contributed by atoms with Gasteiger partial charge in [0.2, 0.25) is 0 Å². The summed E-state index contributed by atoms with van der Waals surface area (Å²) in [7, 11) is -0.662. The van der Waals surface area contributed by atoms with Crippen molar-refractivity contribution < 1.29 is 28.1 Å². The summed E-state index contributed by atoms with van der Waals surface area (Å²) in [5.74, 6) is 0. The number of allylic oxidation sites excluding steroid dienone is 2. The number of aliphatic imine (C=N–C) groups is 2. The summed E-state index contributed by atoms with van der Waals surface area (Å²) >= 11 is 0. The number of hydrogen-bond donors (Lipinski definition) is 1. The summed E-state index contributed by atoms with van der Waals surface area (Å²) < 4.78 is 30.2. The quantitative estimate of drug-likeness (QED) is 0.296. The average Bonchev–Trinajstić information content (AvgIpc) is 3.99. The van der Waals surface area contributed by atoms with Gasteiger partial charge in [0.15, 0.2) is 0 Å². The van der Waals surface area contributed by atoms with E-state index < -0.39 is 5.60 Å². The van der Waals surface area contributed by atoms with E-state index in [0.29, 0.717) is 6.04 Å². The lowest BCUT2D eigenvalue weighted by atomic mass is 9.78. The zero-order valence-corrected chi connectivity index (χ0v) is 37.3. The number of benzene rings is 2. The van der Waals surface area contributed by atoms with Crippen molar-refractivity contribution in [2.24, 2.45) is 9.98 Å². The fourth-order valence-electron chi connectivity index (χ4n) is 7.95. The van der Waals surface area contributed by atoms with E-state index in [4.69, 9.17) is 28.3 Å². The molecule has 10 nitrogen and oxygen atoms in total. The molecule has 0 spiro atoms. The monoisotopic (exact) mass is 812 g/mol. The largest absolute Gasteiger partial charge is 0.494 e. The molecule has 13 heteroatoms. The second kappa shape index (κ2) is 16.7. The summed E-state index contributed by atoms with van der Waals surface area (Å²) in [6.07, 6.45) is 9.78. The highest BCUT2D eigenvalue weighted by atomic mass is 35.5. The zero-order chi connectivity index (χ0) is 41.0. The third-order valence-corrected chi connectivity index (χ3v) is 12.9. The van der Waals surface area contributed by atoms with Crippen molar-refractivity contribution in [2.75, 3.05) is 13.1 Å². The molecule has 58 heavy (non-hydrogen) atoms. The van der Waals surface area contributed by atoms with E-state index >= 15 is 0 Å². The van der Waals surface area contributed by atoms with Crippen LogP contribution in [0.4, 0.5) is 4.79 Å². The molecule has 2 aromatic rings. The Morgan fingerprint density at radius 1 is 0.707 bits per heavy atom. The molecule has 4 fully saturated rings. The Morgan fingerprint density at radius 3 is 1.59 bits per heavy atom. The van der Waals surface area contributed by atoms with Crippen LogP contribution < -0.4 is 16.2 Å². The molecular weight excluding hydrogens is 750 g/mol. The number of carbonyl (C=O) groups excluding carboxylic acids is 1. The van der Waals surface area contributed by atoms with Crippen molar-refractivity contribution >= 4 is 66.2 Å². The van der Waals surface area contributed by atoms with Gasteiger partial charge in [-0.25, -0.2) is 4.79 Å². The molecule has 0 unspecified atom stereocenters. The normalized spacial score (nSPS) is 25.4. The molecule has 0 saturated carbocycles. The first-order valence-electron chi connectivity index (χ1n) is 20.9. The molecule has 0 aliphatic carbocycles. The van der Waals surface area contributed by atoms with Crippen LogP contribution in [0, 0.1) is 0 Å². The SMILES string of the molecule is CC(C)(C)OC(=O)N1CCC[C@H]1C1=NC=C(c2ccc(B3OC(C)(C)C(C)(C)O3)cc2)C1.CC1(C)OB(c2ccc(C3=CN=C([C@@H]4CCCN4)C3)cc2)OC1(C)C.Cl. The fraction of sp³-hybridized carbons (Fsp3) is 0.578. The van der Waals surface area contributed by atoms with Crippen LogP contribution in [-0.4, -0.2) is 89.8 Å². The number of amides is 1. The number of carbonyl (C=O) groups is 1. The summed E-state index contributed by atoms with van der Waals surface area (Å²) in [5, 5.41) is 3.53. The van der Waals surface area contributed by atoms with Crippen LogP contribution in [0.2, 0.25) is 0 Å². The van der Waals surface area contributed by atoms with Crippen LogP contribution >= 0.6 is 12.4 Å². The highest BCUT2D eigenvalue weighted by Gasteiger charge is 2.52. The van der Waals surface area contributed by atoms with Gasteiger partial charge in [-0.15, -0.1) is 12.4 Å². The topological polar surface area (TPSA) is 103 Å². The minimum Gasteiger partial charge on any atom is -0.444 e. The maximum atomic E-state index is 12.6. The van der Waals surface area contributed by atoms with Gasteiger partial charge in [-0.05, 0) is 142 Å². The van der Waals surface area contributed by atoms with Crippen LogP contribution in [0.3, 0.4) is 0 Å². The Kier molecular flexibility index (Phi) is 12.7. The van der Waals surface area contributed by atoms with E-state index in [9.17, 15) is 4.79 Å². The van der Waals surface area contributed by atoms with Crippen LogP contribution in [0.5, 0.6) is 0 Å². The second-order valence-corrected chi connectivity index (χ2v) is 19.3. The highest BCUT2D eigenvalue weighted by molar-refractivity contribution is 6.62. The number of hydrogen-bond acceptors (Lipinski definition) is 9. The fourth-order valence-corrected chi connectivity index (χ4v) is 7.95. The second-order valence-electron chi connectivity index (χ2n) is 19.3. The Labute approximate surface area is 353 Å². The van der Waals surface area contributed by atoms with Crippen molar-refractivity contribution in [3.63, 3.8) is 0 Å². The predicted molar refractivity (Wildman–Crippen MR) is 239 cm³/mol. The summed E-state index contributed by atoms with van der Waals surface area (Å²) in [5.41, 5.74) is 7.41. The van der Waals surface area contributed by atoms with Gasteiger partial charge in [-0.1, -0.05) is 48.5 Å². The van der Waals surface area contributed by atoms with Gasteiger partial charge in [0, 0.05) is 49.3 Å². The van der Waals surface area contributed by atoms with Gasteiger partial charge in [-0.2, -0.15) is 0 Å². The maximum absolute atomic E-state index is 12.6. The minimum atomic E-state index is -0.496. The van der Waals surface area contributed by atoms with E-state index in [1.807, 2.05) is 38.1 Å². The van der Waals surface area contributed by atoms with Gasteiger partial charge in [0.25, 0.3) is 0 Å². The maximum Gasteiger partial charge on any atom is 0.494 e. The molecule has 6 aliphatic rings. The van der Waals surface area contributed by atoms with Gasteiger partial charge in [0.05, 0.1) is 28.4 Å². The first-order chi connectivity index (χ1) is 26.7. The molecule has 1 N–H and O–H groups in total. The molecule has 2 atom stereocenters. The third-order valence-electron chi connectivity index (χ3n) is 12.9. The molecule has 0 aromatic heterocycles. The molecule has 0 bridgehead atoms. The van der Waals surface area contributed by atoms with Crippen LogP contribution in [0.25, 0.3) is 11.1 Å². The molecule has 2 aromatic carbocycles. The summed E-state index contributed by atoms with van der Waals surface area (Å²) in [6, 6.07) is 17.4. The number of ether oxygens (including phenoxy) is 1. The third kappa shape index (κ3) is 9.38. The Morgan fingerprint density at radius 2 is 1.16 bits per heavy atom. The lowest BCUT2D eigenvalue weighted by Crippen LogP contribution is -2.43. The van der Waals surface area contributed by atoms with Crippen molar-refractivity contribution in [2.45, 2.75) is 155 Å². The van der Waals surface area contributed by atoms with Crippen LogP contribution in [-0.2, 0) is 23.4 Å². The minimum absolute atomic E-state index is 0. The molecule has 0 radical (unpaired) electrons. The van der Waals surface area contributed by atoms with Crippen LogP contribution in [0.15, 0.2) is 70.9 Å². The standard InChI is InChI=1S/C25H35BN2O4.C20H27BN2O2.ClH/c1-23(2,3)30-22(29)28-14-8-9-21(28)20-15-18(16-27-20)17-10-12-19(13-11-17)26-31-24(4,5)25(6,7)32-26;1-19(2)20(3,4)25-21(24-19)16-9-7-14(8-10-16)15-12-18(23-13-15)17-6-5-11-22-17;/h10-13,16,21H,8-9,14-15H2,1-7H3;7-10,13,17,22H,5-6,11-12H2,1-4H3;1H/t21-;17-;/m00./s1. The van der Waals surface area contributed by atoms with E-state index in [2.05, 4.69) is 114 Å². The van der Waals surface area contributed by atoms with Gasteiger partial charge in [0.1, 0.15) is 5.60 Å². The molecule has 8 rings (SSSR count). The van der Waals surface area contributed by atoms with Crippen molar-refractivity contribution in [1.29, 1.82) is 0 Å². The van der Waals surface area contributed by atoms with E-state index in [0.717, 1.165) is 66.5 Å². The van der Waals surface area contributed by atoms with Crippen LogP contribution in [0.1, 0.15) is 126 Å². The van der Waals surface area contributed by atoms with E-state index in [1.54, 1.807) is 0 Å². The van der Waals surface area contributed by atoms with E-state index in [1.165, 1.54) is 29.7 Å². The number of rotatable bonds is 6. The van der Waals surface area contributed by atoms with Gasteiger partial charge < -0.3 is 28.7 Å². The highest BCUT2D eigenvalue weighted by Crippen LogP contribution is 2.38. The van der Waals surface area contributed by atoms with Crippen molar-refractivity contribution in [3.8, 4) is 0 Å². The first-order valence-corrected chi connectivity index (χ1v) is 20.9. The molecule has 312 valence electrons. The number of nitrogens with one attached hydrogen (secondary N) is 1. The lowest BCUT2D eigenvalue weighted by molar-refractivity contribution is 0.00578. The Balaban J connectivity index is 0.000000198. The molecule has 1 amide bonds. The smallest absolute Gasteiger partial charge is 0.444 e. The number of halogens is 1.